The first-order valence-corrected chi connectivity index (χ1v) is 8.55. The van der Waals surface area contributed by atoms with Crippen LogP contribution < -0.4 is 4.90 Å². The number of furan rings is 1. The van der Waals surface area contributed by atoms with Gasteiger partial charge in [0.15, 0.2) is 5.76 Å². The average Bonchev–Trinajstić information content (AvgIpc) is 3.21. The molecule has 3 aromatic carbocycles. The van der Waals surface area contributed by atoms with Crippen LogP contribution in [-0.2, 0) is 6.42 Å². The summed E-state index contributed by atoms with van der Waals surface area (Å²) in [4.78, 5) is 15.0. The molecule has 1 aliphatic rings. The number of hydrogen-bond acceptors (Lipinski definition) is 2. The van der Waals surface area contributed by atoms with E-state index in [9.17, 15) is 4.79 Å². The van der Waals surface area contributed by atoms with E-state index < -0.39 is 0 Å². The predicted molar refractivity (Wildman–Crippen MR) is 100 cm³/mol. The second-order valence-corrected chi connectivity index (χ2v) is 6.67. The van der Waals surface area contributed by atoms with Crippen LogP contribution in [0.4, 0.5) is 5.69 Å². The molecule has 0 aliphatic carbocycles. The Morgan fingerprint density at radius 3 is 2.72 bits per heavy atom. The molecular formula is C22H17NO2. The van der Waals surface area contributed by atoms with Crippen molar-refractivity contribution < 1.29 is 9.21 Å². The Labute approximate surface area is 145 Å². The van der Waals surface area contributed by atoms with Crippen LogP contribution in [0.2, 0.25) is 0 Å². The lowest BCUT2D eigenvalue weighted by atomic mass is 10.1. The summed E-state index contributed by atoms with van der Waals surface area (Å²) in [5.41, 5.74) is 2.96. The molecule has 0 spiro atoms. The summed E-state index contributed by atoms with van der Waals surface area (Å²) >= 11 is 0. The van der Waals surface area contributed by atoms with Gasteiger partial charge in [-0.3, -0.25) is 4.79 Å². The van der Waals surface area contributed by atoms with Crippen LogP contribution in [0.5, 0.6) is 0 Å². The van der Waals surface area contributed by atoms with E-state index in [1.54, 1.807) is 0 Å². The zero-order valence-corrected chi connectivity index (χ0v) is 13.9. The zero-order chi connectivity index (χ0) is 17.0. The fraction of sp³-hybridized carbons (Fsp3) is 0.136. The monoisotopic (exact) mass is 327 g/mol. The van der Waals surface area contributed by atoms with Crippen molar-refractivity contribution in [2.45, 2.75) is 19.4 Å². The molecule has 3 heteroatoms. The molecule has 1 amide bonds. The smallest absolute Gasteiger partial charge is 0.294 e. The van der Waals surface area contributed by atoms with Gasteiger partial charge in [-0.15, -0.1) is 0 Å². The van der Waals surface area contributed by atoms with Crippen LogP contribution in [0.15, 0.2) is 71.1 Å². The molecule has 1 atom stereocenters. The largest absolute Gasteiger partial charge is 0.451 e. The standard InChI is InChI=1S/C22H17NO2/c1-14-12-16-7-3-5-9-19(16)23(14)22(24)21-13-18-17-8-4-2-6-15(17)10-11-20(18)25-21/h2-11,13-14H,12H2,1H3/t14-/m0/s1. The second kappa shape index (κ2) is 5.21. The van der Waals surface area contributed by atoms with Gasteiger partial charge < -0.3 is 9.32 Å². The number of carbonyl (C=O) groups is 1. The fourth-order valence-electron chi connectivity index (χ4n) is 3.89. The summed E-state index contributed by atoms with van der Waals surface area (Å²) in [6, 6.07) is 22.2. The van der Waals surface area contributed by atoms with Crippen molar-refractivity contribution in [1.82, 2.24) is 0 Å². The molecule has 0 saturated carbocycles. The molecular weight excluding hydrogens is 310 g/mol. The minimum atomic E-state index is -0.0715. The van der Waals surface area contributed by atoms with E-state index in [1.807, 2.05) is 53.4 Å². The second-order valence-electron chi connectivity index (χ2n) is 6.67. The number of hydrogen-bond donors (Lipinski definition) is 0. The van der Waals surface area contributed by atoms with E-state index in [0.717, 1.165) is 33.8 Å². The summed E-state index contributed by atoms with van der Waals surface area (Å²) in [6.45, 7) is 2.08. The van der Waals surface area contributed by atoms with Gasteiger partial charge in [0.1, 0.15) is 5.58 Å². The van der Waals surface area contributed by atoms with Crippen LogP contribution in [-0.4, -0.2) is 11.9 Å². The number of amides is 1. The Balaban J connectivity index is 1.64. The SMILES string of the molecule is C[C@H]1Cc2ccccc2N1C(=O)c1cc2c(ccc3ccccc32)o1. The Hall–Kier alpha value is -3.07. The van der Waals surface area contributed by atoms with Crippen molar-refractivity contribution in [3.8, 4) is 0 Å². The highest BCUT2D eigenvalue weighted by molar-refractivity contribution is 6.12. The van der Waals surface area contributed by atoms with E-state index in [0.29, 0.717) is 5.76 Å². The summed E-state index contributed by atoms with van der Waals surface area (Å²) in [5, 5.41) is 3.24. The average molecular weight is 327 g/mol. The van der Waals surface area contributed by atoms with E-state index >= 15 is 0 Å². The topological polar surface area (TPSA) is 33.5 Å². The quantitative estimate of drug-likeness (QED) is 0.483. The third kappa shape index (κ3) is 2.09. The third-order valence-electron chi connectivity index (χ3n) is 5.06. The molecule has 0 unspecified atom stereocenters. The van der Waals surface area contributed by atoms with Crippen molar-refractivity contribution in [3.05, 3.63) is 78.1 Å². The first kappa shape index (κ1) is 14.3. The number of fused-ring (bicyclic) bond motifs is 4. The van der Waals surface area contributed by atoms with Crippen LogP contribution in [0.25, 0.3) is 21.7 Å². The highest BCUT2D eigenvalue weighted by atomic mass is 16.3. The normalized spacial score (nSPS) is 16.5. The highest BCUT2D eigenvalue weighted by Crippen LogP contribution is 2.35. The predicted octanol–water partition coefficient (Wildman–Crippen LogP) is 5.18. The molecule has 0 radical (unpaired) electrons. The lowest BCUT2D eigenvalue weighted by Crippen LogP contribution is -2.35. The van der Waals surface area contributed by atoms with Gasteiger partial charge in [-0.25, -0.2) is 0 Å². The molecule has 122 valence electrons. The lowest BCUT2D eigenvalue weighted by Gasteiger charge is -2.21. The minimum absolute atomic E-state index is 0.0715. The van der Waals surface area contributed by atoms with Gasteiger partial charge in [-0.1, -0.05) is 48.5 Å². The summed E-state index contributed by atoms with van der Waals surface area (Å²) in [5.74, 6) is 0.327. The van der Waals surface area contributed by atoms with E-state index in [2.05, 4.69) is 25.1 Å². The van der Waals surface area contributed by atoms with Gasteiger partial charge in [0.2, 0.25) is 0 Å². The molecule has 1 aliphatic heterocycles. The van der Waals surface area contributed by atoms with Crippen molar-refractivity contribution >= 4 is 33.3 Å². The molecule has 3 nitrogen and oxygen atoms in total. The van der Waals surface area contributed by atoms with Gasteiger partial charge >= 0.3 is 0 Å². The number of nitrogens with zero attached hydrogens (tertiary/aromatic N) is 1. The lowest BCUT2D eigenvalue weighted by molar-refractivity contribution is 0.0957. The van der Waals surface area contributed by atoms with Gasteiger partial charge in [0.05, 0.1) is 0 Å². The summed E-state index contributed by atoms with van der Waals surface area (Å²) < 4.78 is 5.92. The maximum atomic E-state index is 13.2. The van der Waals surface area contributed by atoms with Gasteiger partial charge in [-0.05, 0) is 47.9 Å². The van der Waals surface area contributed by atoms with Gasteiger partial charge in [0.25, 0.3) is 5.91 Å². The molecule has 2 heterocycles. The Morgan fingerprint density at radius 2 is 1.80 bits per heavy atom. The van der Waals surface area contributed by atoms with Crippen LogP contribution in [0.1, 0.15) is 23.0 Å². The van der Waals surface area contributed by atoms with Gasteiger partial charge in [0, 0.05) is 17.1 Å². The number of benzene rings is 3. The van der Waals surface area contributed by atoms with Crippen LogP contribution in [0, 0.1) is 0 Å². The fourth-order valence-corrected chi connectivity index (χ4v) is 3.89. The maximum Gasteiger partial charge on any atom is 0.294 e. The molecule has 0 fully saturated rings. The number of rotatable bonds is 1. The first-order valence-electron chi connectivity index (χ1n) is 8.55. The van der Waals surface area contributed by atoms with Crippen LogP contribution >= 0.6 is 0 Å². The minimum Gasteiger partial charge on any atom is -0.451 e. The molecule has 5 rings (SSSR count). The van der Waals surface area contributed by atoms with Crippen molar-refractivity contribution in [2.24, 2.45) is 0 Å². The van der Waals surface area contributed by atoms with E-state index in [1.165, 1.54) is 5.56 Å². The zero-order valence-electron chi connectivity index (χ0n) is 13.9. The van der Waals surface area contributed by atoms with Crippen molar-refractivity contribution in [1.29, 1.82) is 0 Å². The molecule has 0 saturated heterocycles. The van der Waals surface area contributed by atoms with E-state index in [-0.39, 0.29) is 11.9 Å². The van der Waals surface area contributed by atoms with E-state index in [4.69, 9.17) is 4.42 Å². The Morgan fingerprint density at radius 1 is 1.00 bits per heavy atom. The summed E-state index contributed by atoms with van der Waals surface area (Å²) in [7, 11) is 0. The molecule has 25 heavy (non-hydrogen) atoms. The van der Waals surface area contributed by atoms with Crippen LogP contribution in [0.3, 0.4) is 0 Å². The summed E-state index contributed by atoms with van der Waals surface area (Å²) in [6.07, 6.45) is 0.880. The third-order valence-corrected chi connectivity index (χ3v) is 5.06. The van der Waals surface area contributed by atoms with Crippen molar-refractivity contribution in [2.75, 3.05) is 4.90 Å². The molecule has 0 N–H and O–H groups in total. The maximum absolute atomic E-state index is 13.2. The number of para-hydroxylation sites is 1. The number of anilines is 1. The molecule has 4 aromatic rings. The number of carbonyl (C=O) groups excluding carboxylic acids is 1. The Bertz CT molecular complexity index is 1130. The molecule has 0 bridgehead atoms. The first-order chi connectivity index (χ1) is 12.2. The Kier molecular flexibility index (Phi) is 2.98. The van der Waals surface area contributed by atoms with Crippen molar-refractivity contribution in [3.63, 3.8) is 0 Å². The molecule has 1 aromatic heterocycles. The van der Waals surface area contributed by atoms with Gasteiger partial charge in [-0.2, -0.15) is 0 Å². The highest BCUT2D eigenvalue weighted by Gasteiger charge is 2.32.